The fourth-order valence-electron chi connectivity index (χ4n) is 2.52. The van der Waals surface area contributed by atoms with Crippen LogP contribution in [-0.4, -0.2) is 38.0 Å². The Kier molecular flexibility index (Phi) is 9.18. The number of nitrogens with one attached hydrogen (secondary N) is 2. The van der Waals surface area contributed by atoms with Crippen molar-refractivity contribution in [1.82, 2.24) is 10.6 Å². The van der Waals surface area contributed by atoms with Crippen LogP contribution in [0.5, 0.6) is 11.5 Å². The van der Waals surface area contributed by atoms with E-state index in [1.807, 2.05) is 24.3 Å². The average Bonchev–Trinajstić information content (AvgIpc) is 2.64. The molecule has 0 bridgehead atoms. The fourth-order valence-corrected chi connectivity index (χ4v) is 2.99. The maximum Gasteiger partial charge on any atom is 0.166 e. The molecule has 1 atom stereocenters. The van der Waals surface area contributed by atoms with E-state index >= 15 is 0 Å². The maximum absolute atomic E-state index is 9.24. The van der Waals surface area contributed by atoms with Gasteiger partial charge in [0.05, 0.1) is 13.2 Å². The van der Waals surface area contributed by atoms with Gasteiger partial charge in [-0.05, 0) is 25.1 Å². The number of hydrogen-bond donors (Lipinski definition) is 3. The monoisotopic (exact) mass is 412 g/mol. The van der Waals surface area contributed by atoms with Crippen molar-refractivity contribution in [2.45, 2.75) is 26.2 Å². The molecule has 148 valence electrons. The third-order valence-corrected chi connectivity index (χ3v) is 4.49. The number of methoxy groups -OCH3 is 1. The number of rotatable bonds is 11. The minimum Gasteiger partial charge on any atom is -0.493 e. The van der Waals surface area contributed by atoms with E-state index in [1.165, 1.54) is 0 Å². The molecule has 0 amide bonds. The minimum atomic E-state index is -0.344. The van der Waals surface area contributed by atoms with Gasteiger partial charge in [0.15, 0.2) is 11.5 Å². The number of para-hydroxylation sites is 1. The van der Waals surface area contributed by atoms with Crippen LogP contribution < -0.4 is 20.1 Å². The first-order valence-corrected chi connectivity index (χ1v) is 9.59. The number of ether oxygens (including phenoxy) is 2. The first-order chi connectivity index (χ1) is 13.0. The van der Waals surface area contributed by atoms with E-state index in [0.717, 1.165) is 24.2 Å². The molecule has 0 aliphatic rings. The predicted octanol–water partition coefficient (Wildman–Crippen LogP) is 3.64. The van der Waals surface area contributed by atoms with Gasteiger partial charge < -0.3 is 25.2 Å². The van der Waals surface area contributed by atoms with Gasteiger partial charge in [-0.25, -0.2) is 0 Å². The molecule has 0 spiro atoms. The summed E-state index contributed by atoms with van der Waals surface area (Å²) in [6.07, 6.45) is -0.344. The molecule has 0 aromatic heterocycles. The second kappa shape index (κ2) is 11.4. The molecular weight excluding hydrogens is 387 g/mol. The average molecular weight is 413 g/mol. The van der Waals surface area contributed by atoms with E-state index in [4.69, 9.17) is 32.7 Å². The van der Waals surface area contributed by atoms with E-state index < -0.39 is 0 Å². The van der Waals surface area contributed by atoms with Crippen LogP contribution in [0.15, 0.2) is 36.4 Å². The van der Waals surface area contributed by atoms with Crippen LogP contribution in [0.1, 0.15) is 18.1 Å². The van der Waals surface area contributed by atoms with Crippen LogP contribution in [0.4, 0.5) is 0 Å². The van der Waals surface area contributed by atoms with Crippen molar-refractivity contribution in [3.8, 4) is 11.5 Å². The molecule has 2 rings (SSSR count). The number of aliphatic hydroxyl groups excluding tert-OH is 1. The van der Waals surface area contributed by atoms with Gasteiger partial charge in [-0.2, -0.15) is 0 Å². The highest BCUT2D eigenvalue weighted by Crippen LogP contribution is 2.32. The van der Waals surface area contributed by atoms with Gasteiger partial charge in [-0.1, -0.05) is 41.4 Å². The Hall–Kier alpha value is -1.50. The minimum absolute atomic E-state index is 0.319. The SMILES string of the molecule is COc1cccc(CNCCNCC(C)O)c1OCc1ccc(Cl)cc1Cl. The molecule has 2 aromatic rings. The van der Waals surface area contributed by atoms with Crippen molar-refractivity contribution in [1.29, 1.82) is 0 Å². The largest absolute Gasteiger partial charge is 0.493 e. The van der Waals surface area contributed by atoms with E-state index in [-0.39, 0.29) is 6.10 Å². The lowest BCUT2D eigenvalue weighted by atomic mass is 10.1. The van der Waals surface area contributed by atoms with Gasteiger partial charge in [0.1, 0.15) is 6.61 Å². The molecule has 0 fully saturated rings. The van der Waals surface area contributed by atoms with Gasteiger partial charge in [-0.15, -0.1) is 0 Å². The van der Waals surface area contributed by atoms with E-state index in [2.05, 4.69) is 10.6 Å². The Morgan fingerprint density at radius 3 is 2.56 bits per heavy atom. The zero-order valence-corrected chi connectivity index (χ0v) is 17.1. The maximum atomic E-state index is 9.24. The molecule has 27 heavy (non-hydrogen) atoms. The fraction of sp³-hybridized carbons (Fsp3) is 0.400. The van der Waals surface area contributed by atoms with E-state index in [1.54, 1.807) is 26.2 Å². The molecule has 7 heteroatoms. The zero-order valence-electron chi connectivity index (χ0n) is 15.6. The van der Waals surface area contributed by atoms with Crippen LogP contribution in [0.25, 0.3) is 0 Å². The number of halogens is 2. The summed E-state index contributed by atoms with van der Waals surface area (Å²) in [4.78, 5) is 0. The predicted molar refractivity (Wildman–Crippen MR) is 110 cm³/mol. The molecule has 0 radical (unpaired) electrons. The molecule has 1 unspecified atom stereocenters. The molecule has 0 saturated heterocycles. The van der Waals surface area contributed by atoms with Crippen molar-refractivity contribution < 1.29 is 14.6 Å². The van der Waals surface area contributed by atoms with Crippen molar-refractivity contribution in [3.63, 3.8) is 0 Å². The Morgan fingerprint density at radius 2 is 1.85 bits per heavy atom. The number of benzene rings is 2. The van der Waals surface area contributed by atoms with Gasteiger partial charge in [0.25, 0.3) is 0 Å². The Morgan fingerprint density at radius 1 is 1.07 bits per heavy atom. The Balaban J connectivity index is 1.97. The first-order valence-electron chi connectivity index (χ1n) is 8.83. The molecule has 3 N–H and O–H groups in total. The van der Waals surface area contributed by atoms with Crippen LogP contribution >= 0.6 is 23.2 Å². The van der Waals surface area contributed by atoms with Gasteiger partial charge in [-0.3, -0.25) is 0 Å². The van der Waals surface area contributed by atoms with Crippen LogP contribution in [0, 0.1) is 0 Å². The summed E-state index contributed by atoms with van der Waals surface area (Å²) >= 11 is 12.2. The summed E-state index contributed by atoms with van der Waals surface area (Å²) in [5, 5.41) is 16.9. The Bertz CT molecular complexity index is 726. The number of aliphatic hydroxyl groups is 1. The lowest BCUT2D eigenvalue weighted by molar-refractivity contribution is 0.191. The lowest BCUT2D eigenvalue weighted by Crippen LogP contribution is -2.31. The second-order valence-corrected chi connectivity index (χ2v) is 7.05. The van der Waals surface area contributed by atoms with Crippen LogP contribution in [0.3, 0.4) is 0 Å². The molecule has 0 aliphatic heterocycles. The van der Waals surface area contributed by atoms with E-state index in [9.17, 15) is 5.11 Å². The zero-order chi connectivity index (χ0) is 19.6. The highest BCUT2D eigenvalue weighted by molar-refractivity contribution is 6.35. The smallest absolute Gasteiger partial charge is 0.166 e. The molecule has 0 saturated carbocycles. The van der Waals surface area contributed by atoms with Gasteiger partial charge >= 0.3 is 0 Å². The summed E-state index contributed by atoms with van der Waals surface area (Å²) in [6.45, 7) is 4.83. The molecule has 0 aliphatic carbocycles. The van der Waals surface area contributed by atoms with Gasteiger partial charge in [0, 0.05) is 47.4 Å². The van der Waals surface area contributed by atoms with Crippen molar-refractivity contribution in [3.05, 3.63) is 57.6 Å². The van der Waals surface area contributed by atoms with Crippen molar-refractivity contribution in [2.75, 3.05) is 26.7 Å². The molecule has 5 nitrogen and oxygen atoms in total. The normalized spacial score (nSPS) is 12.0. The first kappa shape index (κ1) is 21.8. The van der Waals surface area contributed by atoms with Crippen LogP contribution in [0.2, 0.25) is 10.0 Å². The Labute approximate surface area is 170 Å². The summed E-state index contributed by atoms with van der Waals surface area (Å²) in [5.74, 6) is 1.36. The third-order valence-electron chi connectivity index (χ3n) is 3.90. The number of hydrogen-bond acceptors (Lipinski definition) is 5. The highest BCUT2D eigenvalue weighted by Gasteiger charge is 2.12. The summed E-state index contributed by atoms with van der Waals surface area (Å²) < 4.78 is 11.5. The van der Waals surface area contributed by atoms with Crippen molar-refractivity contribution in [2.24, 2.45) is 0 Å². The molecule has 2 aromatic carbocycles. The molecular formula is C20H26Cl2N2O3. The van der Waals surface area contributed by atoms with Gasteiger partial charge in [0.2, 0.25) is 0 Å². The topological polar surface area (TPSA) is 62.8 Å². The van der Waals surface area contributed by atoms with Crippen LogP contribution in [-0.2, 0) is 13.2 Å². The summed E-state index contributed by atoms with van der Waals surface area (Å²) in [7, 11) is 1.62. The van der Waals surface area contributed by atoms with E-state index in [0.29, 0.717) is 41.2 Å². The highest BCUT2D eigenvalue weighted by atomic mass is 35.5. The van der Waals surface area contributed by atoms with Crippen molar-refractivity contribution >= 4 is 23.2 Å². The standard InChI is InChI=1S/C20H26Cl2N2O3/c1-14(25)11-23-8-9-24-12-15-4-3-5-19(26-2)20(15)27-13-16-6-7-17(21)10-18(16)22/h3-7,10,14,23-25H,8-9,11-13H2,1-2H3. The summed E-state index contributed by atoms with van der Waals surface area (Å²) in [5.41, 5.74) is 1.85. The molecule has 0 heterocycles. The third kappa shape index (κ3) is 7.20. The second-order valence-electron chi connectivity index (χ2n) is 6.20. The quantitative estimate of drug-likeness (QED) is 0.491. The summed E-state index contributed by atoms with van der Waals surface area (Å²) in [6, 6.07) is 11.1. The lowest BCUT2D eigenvalue weighted by Gasteiger charge is -2.16.